The number of benzene rings is 2. The SMILES string of the molecule is COc1ccc(/C=C\C(=O)Nc2nc3ccc(NC(C)=O)cc3s2)cc1OC. The maximum Gasteiger partial charge on any atom is 0.250 e. The molecule has 1 heterocycles. The standard InChI is InChI=1S/C20H19N3O4S/c1-12(24)21-14-6-7-15-18(11-14)28-20(22-15)23-19(25)9-5-13-4-8-16(26-2)17(10-13)27-3/h4-11H,1-3H3,(H,21,24)(H,22,23,25)/b9-5-. The van der Waals surface area contributed by atoms with Gasteiger partial charge in [-0.25, -0.2) is 4.98 Å². The molecule has 0 aliphatic carbocycles. The van der Waals surface area contributed by atoms with Crippen molar-refractivity contribution in [3.05, 3.63) is 48.0 Å². The van der Waals surface area contributed by atoms with E-state index in [1.165, 1.54) is 24.3 Å². The van der Waals surface area contributed by atoms with E-state index in [1.807, 2.05) is 12.1 Å². The van der Waals surface area contributed by atoms with Crippen molar-refractivity contribution in [1.29, 1.82) is 0 Å². The summed E-state index contributed by atoms with van der Waals surface area (Å²) in [7, 11) is 3.13. The Balaban J connectivity index is 1.70. The van der Waals surface area contributed by atoms with Gasteiger partial charge < -0.3 is 14.8 Å². The number of ether oxygens (including phenoxy) is 2. The number of methoxy groups -OCH3 is 2. The third-order valence-electron chi connectivity index (χ3n) is 3.77. The fourth-order valence-corrected chi connectivity index (χ4v) is 3.44. The monoisotopic (exact) mass is 397 g/mol. The number of nitrogens with zero attached hydrogens (tertiary/aromatic N) is 1. The van der Waals surface area contributed by atoms with Crippen molar-refractivity contribution >= 4 is 50.3 Å². The molecule has 0 aliphatic heterocycles. The molecule has 144 valence electrons. The number of carbonyl (C=O) groups is 2. The Bertz CT molecular complexity index is 1060. The first-order valence-electron chi connectivity index (χ1n) is 8.38. The van der Waals surface area contributed by atoms with E-state index in [4.69, 9.17) is 9.47 Å². The molecule has 2 amide bonds. The van der Waals surface area contributed by atoms with Crippen LogP contribution in [0.3, 0.4) is 0 Å². The number of rotatable bonds is 6. The van der Waals surface area contributed by atoms with E-state index in [0.29, 0.717) is 22.3 Å². The van der Waals surface area contributed by atoms with Crippen molar-refractivity contribution in [1.82, 2.24) is 4.98 Å². The molecule has 2 N–H and O–H groups in total. The van der Waals surface area contributed by atoms with Gasteiger partial charge in [-0.1, -0.05) is 17.4 Å². The minimum absolute atomic E-state index is 0.141. The Morgan fingerprint density at radius 2 is 1.82 bits per heavy atom. The molecule has 1 aromatic heterocycles. The zero-order chi connectivity index (χ0) is 20.1. The highest BCUT2D eigenvalue weighted by Crippen LogP contribution is 2.29. The molecular weight excluding hydrogens is 378 g/mol. The van der Waals surface area contributed by atoms with Crippen LogP contribution in [-0.4, -0.2) is 31.0 Å². The van der Waals surface area contributed by atoms with Crippen molar-refractivity contribution in [2.24, 2.45) is 0 Å². The molecule has 3 aromatic rings. The Morgan fingerprint density at radius 1 is 1.04 bits per heavy atom. The lowest BCUT2D eigenvalue weighted by atomic mass is 10.2. The van der Waals surface area contributed by atoms with Gasteiger partial charge in [-0.2, -0.15) is 0 Å². The molecule has 0 spiro atoms. The number of aromatic nitrogens is 1. The molecule has 0 radical (unpaired) electrons. The molecule has 0 unspecified atom stereocenters. The number of anilines is 2. The number of amides is 2. The van der Waals surface area contributed by atoms with Gasteiger partial charge >= 0.3 is 0 Å². The predicted octanol–water partition coefficient (Wildman–Crippen LogP) is 3.92. The van der Waals surface area contributed by atoms with Gasteiger partial charge in [0, 0.05) is 18.7 Å². The molecule has 3 rings (SSSR count). The first-order valence-corrected chi connectivity index (χ1v) is 9.19. The highest BCUT2D eigenvalue weighted by atomic mass is 32.1. The van der Waals surface area contributed by atoms with E-state index in [-0.39, 0.29) is 11.8 Å². The molecule has 7 nitrogen and oxygen atoms in total. The maximum atomic E-state index is 12.2. The van der Waals surface area contributed by atoms with Crippen LogP contribution in [0.4, 0.5) is 10.8 Å². The quantitative estimate of drug-likeness (QED) is 0.615. The second kappa shape index (κ2) is 8.53. The summed E-state index contributed by atoms with van der Waals surface area (Å²) < 4.78 is 11.3. The number of hydrogen-bond acceptors (Lipinski definition) is 6. The van der Waals surface area contributed by atoms with E-state index < -0.39 is 0 Å². The summed E-state index contributed by atoms with van der Waals surface area (Å²) in [4.78, 5) is 27.8. The molecule has 0 atom stereocenters. The van der Waals surface area contributed by atoms with Crippen molar-refractivity contribution in [3.63, 3.8) is 0 Å². The normalized spacial score (nSPS) is 10.8. The number of thiazole rings is 1. The van der Waals surface area contributed by atoms with E-state index in [0.717, 1.165) is 15.8 Å². The molecule has 0 bridgehead atoms. The minimum Gasteiger partial charge on any atom is -0.493 e. The zero-order valence-corrected chi connectivity index (χ0v) is 16.4. The van der Waals surface area contributed by atoms with Crippen LogP contribution in [0.2, 0.25) is 0 Å². The zero-order valence-electron chi connectivity index (χ0n) is 15.6. The molecule has 0 aliphatic rings. The van der Waals surface area contributed by atoms with E-state index >= 15 is 0 Å². The van der Waals surface area contributed by atoms with Gasteiger partial charge in [-0.05, 0) is 42.0 Å². The van der Waals surface area contributed by atoms with Crippen LogP contribution in [0.25, 0.3) is 16.3 Å². The third kappa shape index (κ3) is 4.66. The molecule has 0 saturated carbocycles. The predicted molar refractivity (Wildman–Crippen MR) is 111 cm³/mol. The topological polar surface area (TPSA) is 89.5 Å². The summed E-state index contributed by atoms with van der Waals surface area (Å²) in [5.41, 5.74) is 2.24. The molecule has 2 aromatic carbocycles. The van der Waals surface area contributed by atoms with Crippen LogP contribution in [0, 0.1) is 0 Å². The van der Waals surface area contributed by atoms with Gasteiger partial charge in [0.15, 0.2) is 16.6 Å². The molecule has 8 heteroatoms. The largest absolute Gasteiger partial charge is 0.493 e. The van der Waals surface area contributed by atoms with E-state index in [9.17, 15) is 9.59 Å². The summed E-state index contributed by atoms with van der Waals surface area (Å²) in [6.07, 6.45) is 3.11. The minimum atomic E-state index is -0.295. The summed E-state index contributed by atoms with van der Waals surface area (Å²) in [6, 6.07) is 10.8. The average molecular weight is 397 g/mol. The van der Waals surface area contributed by atoms with Gasteiger partial charge in [0.2, 0.25) is 11.8 Å². The van der Waals surface area contributed by atoms with Gasteiger partial charge in [0.1, 0.15) is 0 Å². The van der Waals surface area contributed by atoms with Gasteiger partial charge in [0.25, 0.3) is 0 Å². The lowest BCUT2D eigenvalue weighted by Gasteiger charge is -2.07. The van der Waals surface area contributed by atoms with Crippen LogP contribution < -0.4 is 20.1 Å². The van der Waals surface area contributed by atoms with Crippen molar-refractivity contribution in [2.45, 2.75) is 6.92 Å². The van der Waals surface area contributed by atoms with Gasteiger partial charge in [-0.3, -0.25) is 14.9 Å². The van der Waals surface area contributed by atoms with Gasteiger partial charge in [-0.15, -0.1) is 0 Å². The second-order valence-electron chi connectivity index (χ2n) is 5.82. The van der Waals surface area contributed by atoms with Crippen LogP contribution in [0.15, 0.2) is 42.5 Å². The first-order chi connectivity index (χ1) is 13.5. The van der Waals surface area contributed by atoms with Crippen molar-refractivity contribution < 1.29 is 19.1 Å². The molecule has 0 fully saturated rings. The number of nitrogens with one attached hydrogen (secondary N) is 2. The average Bonchev–Trinajstić information content (AvgIpc) is 3.06. The fourth-order valence-electron chi connectivity index (χ4n) is 2.53. The lowest BCUT2D eigenvalue weighted by molar-refractivity contribution is -0.114. The summed E-state index contributed by atoms with van der Waals surface area (Å²) >= 11 is 1.33. The third-order valence-corrected chi connectivity index (χ3v) is 4.71. The van der Waals surface area contributed by atoms with Crippen molar-refractivity contribution in [3.8, 4) is 11.5 Å². The van der Waals surface area contributed by atoms with Crippen LogP contribution in [0.1, 0.15) is 12.5 Å². The smallest absolute Gasteiger partial charge is 0.250 e. The Labute approximate surface area is 166 Å². The lowest BCUT2D eigenvalue weighted by Crippen LogP contribution is -2.07. The second-order valence-corrected chi connectivity index (χ2v) is 6.85. The highest BCUT2D eigenvalue weighted by Gasteiger charge is 2.08. The molecule has 28 heavy (non-hydrogen) atoms. The Hall–Kier alpha value is -3.39. The molecule has 0 saturated heterocycles. The summed E-state index contributed by atoms with van der Waals surface area (Å²) in [6.45, 7) is 1.45. The van der Waals surface area contributed by atoms with E-state index in [1.54, 1.807) is 44.6 Å². The Morgan fingerprint density at radius 3 is 2.54 bits per heavy atom. The molecular formula is C20H19N3O4S. The number of hydrogen-bond donors (Lipinski definition) is 2. The summed E-state index contributed by atoms with van der Waals surface area (Å²) in [5, 5.41) is 5.96. The van der Waals surface area contributed by atoms with Crippen LogP contribution in [-0.2, 0) is 9.59 Å². The van der Waals surface area contributed by atoms with Crippen LogP contribution in [0.5, 0.6) is 11.5 Å². The highest BCUT2D eigenvalue weighted by molar-refractivity contribution is 7.22. The fraction of sp³-hybridized carbons (Fsp3) is 0.150. The van der Waals surface area contributed by atoms with Crippen LogP contribution >= 0.6 is 11.3 Å². The number of fused-ring (bicyclic) bond motifs is 1. The van der Waals surface area contributed by atoms with E-state index in [2.05, 4.69) is 15.6 Å². The van der Waals surface area contributed by atoms with Crippen molar-refractivity contribution in [2.75, 3.05) is 24.9 Å². The Kier molecular flexibility index (Phi) is 5.90. The number of carbonyl (C=O) groups excluding carboxylic acids is 2. The maximum absolute atomic E-state index is 12.2. The van der Waals surface area contributed by atoms with Gasteiger partial charge in [0.05, 0.1) is 24.4 Å². The summed E-state index contributed by atoms with van der Waals surface area (Å²) in [5.74, 6) is 0.775. The first kappa shape index (κ1) is 19.4.